The summed E-state index contributed by atoms with van der Waals surface area (Å²) in [6, 6.07) is 6.00. The molecule has 136 valence electrons. The Morgan fingerprint density at radius 1 is 1.28 bits per heavy atom. The first-order chi connectivity index (χ1) is 12.1. The van der Waals surface area contributed by atoms with Crippen LogP contribution in [0, 0.1) is 6.92 Å². The third-order valence-corrected chi connectivity index (χ3v) is 4.93. The first kappa shape index (κ1) is 19.1. The second-order valence-corrected chi connectivity index (χ2v) is 6.82. The Hall–Kier alpha value is -2.28. The second kappa shape index (κ2) is 9.88. The summed E-state index contributed by atoms with van der Waals surface area (Å²) in [4.78, 5) is 17.5. The van der Waals surface area contributed by atoms with Crippen molar-refractivity contribution in [2.24, 2.45) is 4.99 Å². The highest BCUT2D eigenvalue weighted by molar-refractivity contribution is 7.10. The van der Waals surface area contributed by atoms with Gasteiger partial charge in [0, 0.05) is 43.0 Å². The zero-order chi connectivity index (χ0) is 18.1. The zero-order valence-corrected chi connectivity index (χ0v) is 15.8. The molecule has 3 N–H and O–H groups in total. The van der Waals surface area contributed by atoms with E-state index in [0.29, 0.717) is 18.2 Å². The van der Waals surface area contributed by atoms with Crippen LogP contribution in [0.2, 0.25) is 0 Å². The SMILES string of the molecule is CN=C(NCCCNC(=O)c1occc1C)NCC(C)c1cccs1. The van der Waals surface area contributed by atoms with Crippen LogP contribution in [0.15, 0.2) is 39.3 Å². The number of nitrogens with one attached hydrogen (secondary N) is 3. The van der Waals surface area contributed by atoms with Crippen LogP contribution in [-0.2, 0) is 0 Å². The highest BCUT2D eigenvalue weighted by Crippen LogP contribution is 2.19. The molecule has 1 amide bonds. The molecule has 0 fully saturated rings. The average molecular weight is 362 g/mol. The molecule has 6 nitrogen and oxygen atoms in total. The lowest BCUT2D eigenvalue weighted by Gasteiger charge is -2.15. The minimum absolute atomic E-state index is 0.172. The molecule has 0 bridgehead atoms. The summed E-state index contributed by atoms with van der Waals surface area (Å²) in [6.45, 7) is 6.18. The van der Waals surface area contributed by atoms with Crippen LogP contribution < -0.4 is 16.0 Å². The number of rotatable bonds is 8. The predicted octanol–water partition coefficient (Wildman–Crippen LogP) is 2.74. The minimum atomic E-state index is -0.172. The first-order valence-electron chi connectivity index (χ1n) is 8.42. The Bertz CT molecular complexity index is 679. The first-order valence-corrected chi connectivity index (χ1v) is 9.30. The summed E-state index contributed by atoms with van der Waals surface area (Å²) >= 11 is 1.77. The van der Waals surface area contributed by atoms with Crippen molar-refractivity contribution in [2.45, 2.75) is 26.2 Å². The maximum atomic E-state index is 11.9. The Morgan fingerprint density at radius 2 is 2.08 bits per heavy atom. The van der Waals surface area contributed by atoms with Crippen molar-refractivity contribution in [3.8, 4) is 0 Å². The summed E-state index contributed by atoms with van der Waals surface area (Å²) in [7, 11) is 1.76. The van der Waals surface area contributed by atoms with Gasteiger partial charge >= 0.3 is 0 Å². The summed E-state index contributed by atoms with van der Waals surface area (Å²) in [5, 5.41) is 11.5. The van der Waals surface area contributed by atoms with Crippen molar-refractivity contribution in [1.29, 1.82) is 0 Å². The number of hydrogen-bond acceptors (Lipinski definition) is 4. The maximum absolute atomic E-state index is 11.9. The molecule has 2 aromatic heterocycles. The average Bonchev–Trinajstić information content (AvgIpc) is 3.28. The van der Waals surface area contributed by atoms with Crippen LogP contribution >= 0.6 is 11.3 Å². The molecule has 2 heterocycles. The standard InChI is InChI=1S/C18H26N4O2S/c1-13-7-10-24-16(13)17(23)20-8-5-9-21-18(19-3)22-12-14(2)15-6-4-11-25-15/h4,6-7,10-11,14H,5,8-9,12H2,1-3H3,(H,20,23)(H2,19,21,22). The van der Waals surface area contributed by atoms with Crippen molar-refractivity contribution in [1.82, 2.24) is 16.0 Å². The van der Waals surface area contributed by atoms with Gasteiger partial charge in [0.15, 0.2) is 11.7 Å². The molecule has 1 atom stereocenters. The molecule has 7 heteroatoms. The smallest absolute Gasteiger partial charge is 0.287 e. The lowest BCUT2D eigenvalue weighted by atomic mass is 10.1. The Morgan fingerprint density at radius 3 is 2.72 bits per heavy atom. The Labute approximate surface area is 152 Å². The zero-order valence-electron chi connectivity index (χ0n) is 15.0. The van der Waals surface area contributed by atoms with Crippen LogP contribution in [-0.4, -0.2) is 38.5 Å². The van der Waals surface area contributed by atoms with Gasteiger partial charge in [-0.1, -0.05) is 13.0 Å². The molecule has 0 aromatic carbocycles. The van der Waals surface area contributed by atoms with Crippen LogP contribution in [0.5, 0.6) is 0 Å². The minimum Gasteiger partial charge on any atom is -0.459 e. The predicted molar refractivity (Wildman–Crippen MR) is 102 cm³/mol. The molecule has 0 aliphatic rings. The topological polar surface area (TPSA) is 78.7 Å². The molecule has 0 aliphatic carbocycles. The van der Waals surface area contributed by atoms with Gasteiger partial charge in [-0.15, -0.1) is 11.3 Å². The fraction of sp³-hybridized carbons (Fsp3) is 0.444. The van der Waals surface area contributed by atoms with Gasteiger partial charge in [-0.3, -0.25) is 9.79 Å². The third kappa shape index (κ3) is 5.94. The van der Waals surface area contributed by atoms with E-state index in [1.165, 1.54) is 11.1 Å². The monoisotopic (exact) mass is 362 g/mol. The van der Waals surface area contributed by atoms with Gasteiger partial charge in [0.1, 0.15) is 0 Å². The number of aliphatic imine (C=N–C) groups is 1. The van der Waals surface area contributed by atoms with E-state index in [9.17, 15) is 4.79 Å². The van der Waals surface area contributed by atoms with Crippen molar-refractivity contribution < 1.29 is 9.21 Å². The van der Waals surface area contributed by atoms with E-state index in [2.05, 4.69) is 45.4 Å². The fourth-order valence-electron chi connectivity index (χ4n) is 2.33. The van der Waals surface area contributed by atoms with Crippen LogP contribution in [0.1, 0.15) is 40.3 Å². The molecule has 0 saturated heterocycles. The number of aryl methyl sites for hydroxylation is 1. The normalized spacial score (nSPS) is 12.7. The van der Waals surface area contributed by atoms with Gasteiger partial charge < -0.3 is 20.4 Å². The van der Waals surface area contributed by atoms with E-state index in [-0.39, 0.29) is 5.91 Å². The summed E-state index contributed by atoms with van der Waals surface area (Å²) < 4.78 is 5.17. The summed E-state index contributed by atoms with van der Waals surface area (Å²) in [6.07, 6.45) is 2.32. The lowest BCUT2D eigenvalue weighted by Crippen LogP contribution is -2.40. The molecular weight excluding hydrogens is 336 g/mol. The largest absolute Gasteiger partial charge is 0.459 e. The van der Waals surface area contributed by atoms with Crippen LogP contribution in [0.3, 0.4) is 0 Å². The van der Waals surface area contributed by atoms with E-state index in [1.54, 1.807) is 24.5 Å². The number of nitrogens with zero attached hydrogens (tertiary/aromatic N) is 1. The van der Waals surface area contributed by atoms with Crippen molar-refractivity contribution >= 4 is 23.2 Å². The number of hydrogen-bond donors (Lipinski definition) is 3. The Balaban J connectivity index is 1.61. The fourth-order valence-corrected chi connectivity index (χ4v) is 3.11. The molecule has 0 aliphatic heterocycles. The van der Waals surface area contributed by atoms with E-state index in [1.807, 2.05) is 6.92 Å². The number of thiophene rings is 1. The number of carbonyl (C=O) groups is 1. The van der Waals surface area contributed by atoms with Gasteiger partial charge in [-0.2, -0.15) is 0 Å². The van der Waals surface area contributed by atoms with E-state index >= 15 is 0 Å². The Kier molecular flexibility index (Phi) is 7.53. The van der Waals surface area contributed by atoms with E-state index < -0.39 is 0 Å². The number of guanidine groups is 1. The van der Waals surface area contributed by atoms with Crippen molar-refractivity contribution in [3.05, 3.63) is 46.0 Å². The number of carbonyl (C=O) groups excluding carboxylic acids is 1. The van der Waals surface area contributed by atoms with Gasteiger partial charge in [0.05, 0.1) is 6.26 Å². The van der Waals surface area contributed by atoms with Gasteiger partial charge in [0.2, 0.25) is 0 Å². The molecule has 1 unspecified atom stereocenters. The van der Waals surface area contributed by atoms with Gasteiger partial charge in [-0.05, 0) is 30.9 Å². The van der Waals surface area contributed by atoms with Crippen LogP contribution in [0.25, 0.3) is 0 Å². The summed E-state index contributed by atoms with van der Waals surface area (Å²) in [5.74, 6) is 1.42. The molecule has 0 radical (unpaired) electrons. The number of furan rings is 1. The molecular formula is C18H26N4O2S. The molecule has 25 heavy (non-hydrogen) atoms. The lowest BCUT2D eigenvalue weighted by molar-refractivity contribution is 0.0925. The summed E-state index contributed by atoms with van der Waals surface area (Å²) in [5.41, 5.74) is 0.847. The quantitative estimate of drug-likeness (QED) is 0.383. The molecule has 0 saturated carbocycles. The highest BCUT2D eigenvalue weighted by Gasteiger charge is 2.11. The van der Waals surface area contributed by atoms with Gasteiger partial charge in [0.25, 0.3) is 5.91 Å². The van der Waals surface area contributed by atoms with Crippen molar-refractivity contribution in [3.63, 3.8) is 0 Å². The maximum Gasteiger partial charge on any atom is 0.287 e. The van der Waals surface area contributed by atoms with E-state index in [4.69, 9.17) is 4.42 Å². The molecule has 0 spiro atoms. The molecule has 2 rings (SSSR count). The third-order valence-electron chi connectivity index (χ3n) is 3.83. The van der Waals surface area contributed by atoms with Gasteiger partial charge in [-0.25, -0.2) is 0 Å². The molecule has 2 aromatic rings. The van der Waals surface area contributed by atoms with Crippen molar-refractivity contribution in [2.75, 3.05) is 26.7 Å². The second-order valence-electron chi connectivity index (χ2n) is 5.84. The number of amides is 1. The van der Waals surface area contributed by atoms with E-state index in [0.717, 1.165) is 31.0 Å². The van der Waals surface area contributed by atoms with Crippen LogP contribution in [0.4, 0.5) is 0 Å². The highest BCUT2D eigenvalue weighted by atomic mass is 32.1.